The number of amides is 2. The van der Waals surface area contributed by atoms with Crippen LogP contribution < -0.4 is 4.90 Å². The fourth-order valence-electron chi connectivity index (χ4n) is 3.37. The van der Waals surface area contributed by atoms with E-state index in [1.165, 1.54) is 36.0 Å². The van der Waals surface area contributed by atoms with Gasteiger partial charge in [-0.05, 0) is 60.7 Å². The fourth-order valence-corrected chi connectivity index (χ4v) is 4.79. The first-order valence-electron chi connectivity index (χ1n) is 10.2. The van der Waals surface area contributed by atoms with E-state index in [-0.39, 0.29) is 34.4 Å². The number of esters is 1. The summed E-state index contributed by atoms with van der Waals surface area (Å²) in [5, 5.41) is 0.321. The molecule has 1 unspecified atom stereocenters. The number of ketones is 1. The van der Waals surface area contributed by atoms with Crippen LogP contribution in [0.25, 0.3) is 0 Å². The van der Waals surface area contributed by atoms with Crippen LogP contribution in [-0.4, -0.2) is 35.4 Å². The minimum Gasteiger partial charge on any atom is -0.454 e. The van der Waals surface area contributed by atoms with Gasteiger partial charge < -0.3 is 4.74 Å². The van der Waals surface area contributed by atoms with Crippen LogP contribution in [0.2, 0.25) is 10.0 Å². The molecule has 1 fully saturated rings. The Labute approximate surface area is 209 Å². The van der Waals surface area contributed by atoms with Gasteiger partial charge in [0.25, 0.3) is 0 Å². The van der Waals surface area contributed by atoms with Crippen molar-refractivity contribution in [1.82, 2.24) is 0 Å². The first kappa shape index (κ1) is 24.0. The number of imide groups is 1. The molecule has 0 saturated carbocycles. The van der Waals surface area contributed by atoms with E-state index < -0.39 is 23.6 Å². The molecule has 3 aromatic carbocycles. The number of halogens is 2. The van der Waals surface area contributed by atoms with Crippen molar-refractivity contribution < 1.29 is 23.9 Å². The molecule has 4 rings (SSSR count). The molecule has 1 atom stereocenters. The second-order valence-electron chi connectivity index (χ2n) is 7.36. The van der Waals surface area contributed by atoms with Gasteiger partial charge >= 0.3 is 5.97 Å². The zero-order chi connectivity index (χ0) is 24.2. The Morgan fingerprint density at radius 2 is 1.62 bits per heavy atom. The molecule has 1 aliphatic rings. The van der Waals surface area contributed by atoms with Crippen molar-refractivity contribution >= 4 is 64.2 Å². The maximum absolute atomic E-state index is 12.9. The van der Waals surface area contributed by atoms with Gasteiger partial charge in [-0.25, -0.2) is 9.69 Å². The second kappa shape index (κ2) is 10.4. The van der Waals surface area contributed by atoms with Gasteiger partial charge in [0.15, 0.2) is 6.61 Å². The van der Waals surface area contributed by atoms with E-state index in [2.05, 4.69) is 0 Å². The molecule has 9 heteroatoms. The Kier molecular flexibility index (Phi) is 7.36. The number of anilines is 1. The SMILES string of the molecule is O=C(OCC(=O)c1ccccc1Cl)c1ccc(N2C(=O)CC(Sc3ccc(Cl)cc3)C2=O)cc1. The highest BCUT2D eigenvalue weighted by Gasteiger charge is 2.40. The van der Waals surface area contributed by atoms with Crippen molar-refractivity contribution in [2.75, 3.05) is 11.5 Å². The molecule has 34 heavy (non-hydrogen) atoms. The van der Waals surface area contributed by atoms with E-state index >= 15 is 0 Å². The molecule has 0 bridgehead atoms. The number of thioether (sulfide) groups is 1. The number of nitrogens with zero attached hydrogens (tertiary/aromatic N) is 1. The van der Waals surface area contributed by atoms with Crippen LogP contribution in [0, 0.1) is 0 Å². The minimum atomic E-state index is -0.706. The maximum Gasteiger partial charge on any atom is 0.338 e. The number of Topliss-reactive ketones (excluding diaryl/α,β-unsaturated/α-hetero) is 1. The van der Waals surface area contributed by atoms with E-state index in [4.69, 9.17) is 27.9 Å². The first-order valence-corrected chi connectivity index (χ1v) is 11.8. The highest BCUT2D eigenvalue weighted by atomic mass is 35.5. The highest BCUT2D eigenvalue weighted by Crippen LogP contribution is 2.34. The standard InChI is InChI=1S/C25H17Cl2NO5S/c26-16-7-11-18(12-8-16)34-22-13-23(30)28(24(22)31)17-9-5-15(6-10-17)25(32)33-14-21(29)19-3-1-2-4-20(19)27/h1-12,22H,13-14H2. The Morgan fingerprint density at radius 1 is 0.941 bits per heavy atom. The molecule has 172 valence electrons. The van der Waals surface area contributed by atoms with Crippen LogP contribution in [0.5, 0.6) is 0 Å². The predicted molar refractivity (Wildman–Crippen MR) is 131 cm³/mol. The molecule has 0 N–H and O–H groups in total. The zero-order valence-corrected chi connectivity index (χ0v) is 19.9. The van der Waals surface area contributed by atoms with E-state index in [9.17, 15) is 19.2 Å². The van der Waals surface area contributed by atoms with E-state index in [1.54, 1.807) is 48.5 Å². The van der Waals surface area contributed by atoms with Crippen molar-refractivity contribution in [2.45, 2.75) is 16.6 Å². The summed E-state index contributed by atoms with van der Waals surface area (Å²) < 4.78 is 5.09. The van der Waals surface area contributed by atoms with Gasteiger partial charge in [0.05, 0.1) is 21.5 Å². The number of hydrogen-bond donors (Lipinski definition) is 0. The molecule has 3 aromatic rings. The molecule has 6 nitrogen and oxygen atoms in total. The molecular formula is C25H17Cl2NO5S. The number of carbonyl (C=O) groups excluding carboxylic acids is 4. The van der Waals surface area contributed by atoms with Crippen LogP contribution in [0.15, 0.2) is 77.7 Å². The van der Waals surface area contributed by atoms with Crippen LogP contribution in [0.4, 0.5) is 5.69 Å². The summed E-state index contributed by atoms with van der Waals surface area (Å²) in [5.41, 5.74) is 0.809. The smallest absolute Gasteiger partial charge is 0.338 e. The summed E-state index contributed by atoms with van der Waals surface area (Å²) >= 11 is 13.2. The van der Waals surface area contributed by atoms with Gasteiger partial charge in [-0.2, -0.15) is 0 Å². The Morgan fingerprint density at radius 3 is 2.29 bits per heavy atom. The summed E-state index contributed by atoms with van der Waals surface area (Å²) in [6.07, 6.45) is 0.0695. The van der Waals surface area contributed by atoms with E-state index in [1.807, 2.05) is 0 Å². The topological polar surface area (TPSA) is 80.8 Å². The quantitative estimate of drug-likeness (QED) is 0.237. The molecule has 0 radical (unpaired) electrons. The molecule has 1 heterocycles. The third kappa shape index (κ3) is 5.33. The van der Waals surface area contributed by atoms with Crippen LogP contribution in [0.3, 0.4) is 0 Å². The largest absolute Gasteiger partial charge is 0.454 e. The third-order valence-electron chi connectivity index (χ3n) is 5.07. The maximum atomic E-state index is 12.9. The lowest BCUT2D eigenvalue weighted by Gasteiger charge is -2.15. The number of ether oxygens (including phenoxy) is 1. The van der Waals surface area contributed by atoms with E-state index in [0.717, 1.165) is 9.80 Å². The highest BCUT2D eigenvalue weighted by molar-refractivity contribution is 8.00. The number of carbonyl (C=O) groups is 4. The molecule has 1 saturated heterocycles. The number of benzene rings is 3. The first-order chi connectivity index (χ1) is 16.3. The van der Waals surface area contributed by atoms with Gasteiger partial charge in [-0.15, -0.1) is 11.8 Å². The van der Waals surface area contributed by atoms with Crippen molar-refractivity contribution in [2.24, 2.45) is 0 Å². The Bertz CT molecular complexity index is 1260. The third-order valence-corrected chi connectivity index (χ3v) is 6.85. The lowest BCUT2D eigenvalue weighted by Crippen LogP contribution is -2.31. The summed E-state index contributed by atoms with van der Waals surface area (Å²) in [6, 6.07) is 19.4. The van der Waals surface area contributed by atoms with Gasteiger partial charge in [0.1, 0.15) is 0 Å². The molecule has 0 aliphatic carbocycles. The normalized spacial score (nSPS) is 15.5. The summed E-state index contributed by atoms with van der Waals surface area (Å²) in [7, 11) is 0. The average molecular weight is 514 g/mol. The van der Waals surface area contributed by atoms with Crippen molar-refractivity contribution in [3.8, 4) is 0 Å². The molecule has 0 aromatic heterocycles. The Balaban J connectivity index is 1.38. The van der Waals surface area contributed by atoms with Crippen LogP contribution >= 0.6 is 35.0 Å². The monoisotopic (exact) mass is 513 g/mol. The van der Waals surface area contributed by atoms with Gasteiger partial charge in [-0.1, -0.05) is 35.3 Å². The second-order valence-corrected chi connectivity index (χ2v) is 9.48. The van der Waals surface area contributed by atoms with E-state index in [0.29, 0.717) is 10.7 Å². The number of hydrogen-bond acceptors (Lipinski definition) is 6. The fraction of sp³-hybridized carbons (Fsp3) is 0.120. The van der Waals surface area contributed by atoms with Crippen LogP contribution in [0.1, 0.15) is 27.1 Å². The molecular weight excluding hydrogens is 497 g/mol. The molecule has 1 aliphatic heterocycles. The van der Waals surface area contributed by atoms with Crippen molar-refractivity contribution in [3.05, 3.63) is 94.0 Å². The average Bonchev–Trinajstić information content (AvgIpc) is 3.11. The zero-order valence-electron chi connectivity index (χ0n) is 17.6. The Hall–Kier alpha value is -3.13. The summed E-state index contributed by atoms with van der Waals surface area (Å²) in [6.45, 7) is -0.461. The lowest BCUT2D eigenvalue weighted by atomic mass is 10.1. The molecule has 2 amide bonds. The van der Waals surface area contributed by atoms with Gasteiger partial charge in [0, 0.05) is 21.9 Å². The van der Waals surface area contributed by atoms with Crippen molar-refractivity contribution in [1.29, 1.82) is 0 Å². The molecule has 0 spiro atoms. The number of rotatable bonds is 7. The van der Waals surface area contributed by atoms with Gasteiger partial charge in [0.2, 0.25) is 17.6 Å². The van der Waals surface area contributed by atoms with Gasteiger partial charge in [-0.3, -0.25) is 14.4 Å². The van der Waals surface area contributed by atoms with Crippen molar-refractivity contribution in [3.63, 3.8) is 0 Å². The lowest BCUT2D eigenvalue weighted by molar-refractivity contribution is -0.121. The summed E-state index contributed by atoms with van der Waals surface area (Å²) in [4.78, 5) is 51.9. The predicted octanol–water partition coefficient (Wildman–Crippen LogP) is 5.46. The minimum absolute atomic E-state index is 0.0695. The summed E-state index contributed by atoms with van der Waals surface area (Å²) in [5.74, 6) is -1.78. The van der Waals surface area contributed by atoms with Crippen LogP contribution in [-0.2, 0) is 14.3 Å².